The summed E-state index contributed by atoms with van der Waals surface area (Å²) in [6.07, 6.45) is 7.26. The summed E-state index contributed by atoms with van der Waals surface area (Å²) < 4.78 is 2.05. The molecule has 3 N–H and O–H groups in total. The van der Waals surface area contributed by atoms with E-state index in [0.717, 1.165) is 83.6 Å². The summed E-state index contributed by atoms with van der Waals surface area (Å²) in [5.74, 6) is 1.35. The van der Waals surface area contributed by atoms with Gasteiger partial charge in [0.1, 0.15) is 23.5 Å². The number of nitrogen functional groups attached to an aromatic ring is 1. The van der Waals surface area contributed by atoms with Crippen LogP contribution in [0.3, 0.4) is 0 Å². The smallest absolute Gasteiger partial charge is 0.236 e. The van der Waals surface area contributed by atoms with Crippen LogP contribution in [0, 0.1) is 0 Å². The van der Waals surface area contributed by atoms with Gasteiger partial charge >= 0.3 is 0 Å². The number of rotatable bonds is 4. The van der Waals surface area contributed by atoms with Crippen molar-refractivity contribution in [3.05, 3.63) is 48.9 Å². The zero-order valence-electron chi connectivity index (χ0n) is 21.8. The number of hydrogen-bond donors (Lipinski definition) is 2. The summed E-state index contributed by atoms with van der Waals surface area (Å²) in [6, 6.07) is 12.5. The third kappa shape index (κ3) is 4.19. The Morgan fingerprint density at radius 2 is 1.85 bits per heavy atom. The molecule has 1 amide bonds. The maximum Gasteiger partial charge on any atom is 0.236 e. The molecule has 0 atom stereocenters. The van der Waals surface area contributed by atoms with Gasteiger partial charge in [-0.15, -0.1) is 0 Å². The van der Waals surface area contributed by atoms with Crippen molar-refractivity contribution < 1.29 is 4.79 Å². The van der Waals surface area contributed by atoms with Crippen molar-refractivity contribution in [2.45, 2.75) is 37.8 Å². The summed E-state index contributed by atoms with van der Waals surface area (Å²) >= 11 is 0. The van der Waals surface area contributed by atoms with Crippen LogP contribution < -0.4 is 5.73 Å². The number of fused-ring (bicyclic) bond motifs is 2. The second kappa shape index (κ2) is 9.42. The number of pyridine rings is 1. The molecular formula is C28H30N10O. The quantitative estimate of drug-likeness (QED) is 0.367. The van der Waals surface area contributed by atoms with E-state index < -0.39 is 0 Å². The Kier molecular flexibility index (Phi) is 5.73. The van der Waals surface area contributed by atoms with Gasteiger partial charge in [-0.1, -0.05) is 12.1 Å². The third-order valence-electron chi connectivity index (χ3n) is 8.20. The molecule has 2 aliphatic rings. The van der Waals surface area contributed by atoms with Gasteiger partial charge in [0.2, 0.25) is 5.91 Å². The maximum atomic E-state index is 12.2. The lowest BCUT2D eigenvalue weighted by Gasteiger charge is -2.40. The zero-order chi connectivity index (χ0) is 26.5. The molecule has 1 saturated carbocycles. The Balaban J connectivity index is 1.20. The lowest BCUT2D eigenvalue weighted by Crippen LogP contribution is -2.52. The van der Waals surface area contributed by atoms with E-state index in [1.165, 1.54) is 6.33 Å². The fourth-order valence-corrected chi connectivity index (χ4v) is 5.99. The SMILES string of the molecule is CN1CCN([C@H]2CC[C@@H](n3nc(-c4ccc5nc(-c6ccccn6)[nH]c5c4)c4c(N)ncnc43)CC2)CC1=O. The minimum absolute atomic E-state index is 0.208. The van der Waals surface area contributed by atoms with Crippen LogP contribution in [0.4, 0.5) is 5.82 Å². The summed E-state index contributed by atoms with van der Waals surface area (Å²) in [5, 5.41) is 5.86. The maximum absolute atomic E-state index is 12.2. The molecule has 1 aliphatic heterocycles. The standard InChI is InChI=1S/C28H30N10O/c1-36-12-13-37(15-23(36)39)18-6-8-19(9-7-18)38-28-24(26(29)31-16-32-28)25(35-38)17-5-10-20-22(14-17)34-27(33-20)21-4-2-3-11-30-21/h2-5,10-11,14,16,18-19H,6-9,12-13,15H2,1H3,(H,33,34)(H2,29,31,32)/t18-,19+. The van der Waals surface area contributed by atoms with Crippen molar-refractivity contribution >= 4 is 33.8 Å². The average molecular weight is 523 g/mol. The van der Waals surface area contributed by atoms with E-state index in [9.17, 15) is 4.79 Å². The number of carbonyl (C=O) groups is 1. The number of H-pyrrole nitrogens is 1. The highest BCUT2D eigenvalue weighted by molar-refractivity contribution is 5.99. The van der Waals surface area contributed by atoms with Crippen molar-refractivity contribution in [3.63, 3.8) is 0 Å². The van der Waals surface area contributed by atoms with Crippen molar-refractivity contribution in [1.82, 2.24) is 44.5 Å². The first-order valence-electron chi connectivity index (χ1n) is 13.4. The van der Waals surface area contributed by atoms with Gasteiger partial charge in [-0.2, -0.15) is 5.10 Å². The number of aromatic nitrogens is 7. The number of piperazine rings is 1. The van der Waals surface area contributed by atoms with Gasteiger partial charge in [-0.25, -0.2) is 19.6 Å². The predicted octanol–water partition coefficient (Wildman–Crippen LogP) is 3.27. The molecule has 39 heavy (non-hydrogen) atoms. The lowest BCUT2D eigenvalue weighted by molar-refractivity contribution is -0.135. The molecule has 11 nitrogen and oxygen atoms in total. The Morgan fingerprint density at radius 1 is 1.00 bits per heavy atom. The van der Waals surface area contributed by atoms with E-state index in [-0.39, 0.29) is 11.9 Å². The van der Waals surface area contributed by atoms with E-state index in [4.69, 9.17) is 15.8 Å². The van der Waals surface area contributed by atoms with E-state index in [1.807, 2.05) is 47.0 Å². The normalized spacial score (nSPS) is 20.7. The molecule has 0 radical (unpaired) electrons. The van der Waals surface area contributed by atoms with Crippen LogP contribution in [0.2, 0.25) is 0 Å². The molecule has 1 saturated heterocycles. The number of benzene rings is 1. The van der Waals surface area contributed by atoms with E-state index >= 15 is 0 Å². The number of nitrogens with zero attached hydrogens (tertiary/aromatic N) is 8. The van der Waals surface area contributed by atoms with Crippen LogP contribution >= 0.6 is 0 Å². The number of nitrogens with two attached hydrogens (primary N) is 1. The molecule has 0 unspecified atom stereocenters. The molecule has 5 aromatic rings. The van der Waals surface area contributed by atoms with Crippen molar-refractivity contribution in [2.75, 3.05) is 32.4 Å². The summed E-state index contributed by atoms with van der Waals surface area (Å²) in [5.41, 5.74) is 11.4. The van der Waals surface area contributed by atoms with Gasteiger partial charge < -0.3 is 15.6 Å². The lowest BCUT2D eigenvalue weighted by atomic mass is 9.90. The first-order chi connectivity index (χ1) is 19.0. The highest BCUT2D eigenvalue weighted by atomic mass is 16.2. The monoisotopic (exact) mass is 522 g/mol. The summed E-state index contributed by atoms with van der Waals surface area (Å²) in [6.45, 7) is 2.25. The number of hydrogen-bond acceptors (Lipinski definition) is 8. The number of aromatic amines is 1. The largest absolute Gasteiger partial charge is 0.383 e. The molecular weight excluding hydrogens is 492 g/mol. The van der Waals surface area contributed by atoms with E-state index in [2.05, 4.69) is 30.9 Å². The molecule has 1 aliphatic carbocycles. The fraction of sp³-hybridized carbons (Fsp3) is 0.357. The van der Waals surface area contributed by atoms with Crippen LogP contribution in [-0.2, 0) is 4.79 Å². The Morgan fingerprint density at radius 3 is 2.64 bits per heavy atom. The first-order valence-corrected chi connectivity index (χ1v) is 13.4. The minimum atomic E-state index is 0.208. The first kappa shape index (κ1) is 23.7. The molecule has 2 fully saturated rings. The van der Waals surface area contributed by atoms with Crippen LogP contribution in [0.25, 0.3) is 44.8 Å². The van der Waals surface area contributed by atoms with Gasteiger partial charge in [0.25, 0.3) is 0 Å². The van der Waals surface area contributed by atoms with Crippen LogP contribution in [0.1, 0.15) is 31.7 Å². The molecule has 5 heterocycles. The van der Waals surface area contributed by atoms with Crippen LogP contribution in [0.5, 0.6) is 0 Å². The Hall–Kier alpha value is -4.38. The van der Waals surface area contributed by atoms with Crippen molar-refractivity contribution in [1.29, 1.82) is 0 Å². The molecule has 11 heteroatoms. The van der Waals surface area contributed by atoms with E-state index in [1.54, 1.807) is 6.20 Å². The van der Waals surface area contributed by atoms with E-state index in [0.29, 0.717) is 18.4 Å². The van der Waals surface area contributed by atoms with Gasteiger partial charge in [-0.05, 0) is 49.9 Å². The van der Waals surface area contributed by atoms with Crippen LogP contribution in [0.15, 0.2) is 48.9 Å². The molecule has 4 aromatic heterocycles. The average Bonchev–Trinajstić information content (AvgIpc) is 3.58. The third-order valence-corrected chi connectivity index (χ3v) is 8.20. The number of carbonyl (C=O) groups excluding carboxylic acids is 1. The highest BCUT2D eigenvalue weighted by Gasteiger charge is 2.32. The van der Waals surface area contributed by atoms with Crippen molar-refractivity contribution in [2.24, 2.45) is 0 Å². The van der Waals surface area contributed by atoms with Gasteiger partial charge in [0, 0.05) is 37.9 Å². The Bertz CT molecular complexity index is 1670. The second-order valence-electron chi connectivity index (χ2n) is 10.5. The summed E-state index contributed by atoms with van der Waals surface area (Å²) in [4.78, 5) is 37.8. The number of amides is 1. The summed E-state index contributed by atoms with van der Waals surface area (Å²) in [7, 11) is 1.88. The number of anilines is 1. The highest BCUT2D eigenvalue weighted by Crippen LogP contribution is 2.37. The topological polar surface area (TPSA) is 135 Å². The van der Waals surface area contributed by atoms with Gasteiger partial charge in [-0.3, -0.25) is 14.7 Å². The molecule has 1 aromatic carbocycles. The van der Waals surface area contributed by atoms with Crippen molar-refractivity contribution in [3.8, 4) is 22.8 Å². The number of likely N-dealkylation sites (N-methyl/N-ethyl adjacent to an activating group) is 1. The molecule has 7 rings (SSSR count). The Labute approximate surface area is 225 Å². The molecule has 0 bridgehead atoms. The van der Waals surface area contributed by atoms with Gasteiger partial charge in [0.15, 0.2) is 11.5 Å². The second-order valence-corrected chi connectivity index (χ2v) is 10.5. The number of nitrogens with one attached hydrogen (secondary N) is 1. The predicted molar refractivity (Wildman–Crippen MR) is 149 cm³/mol. The minimum Gasteiger partial charge on any atom is -0.383 e. The number of imidazole rings is 1. The molecule has 0 spiro atoms. The van der Waals surface area contributed by atoms with Gasteiger partial charge in [0.05, 0.1) is 29.0 Å². The zero-order valence-corrected chi connectivity index (χ0v) is 21.8. The molecule has 198 valence electrons. The fourth-order valence-electron chi connectivity index (χ4n) is 5.99. The van der Waals surface area contributed by atoms with Crippen LogP contribution in [-0.4, -0.2) is 83.1 Å².